The van der Waals surface area contributed by atoms with Gasteiger partial charge < -0.3 is 45.9 Å². The van der Waals surface area contributed by atoms with Gasteiger partial charge >= 0.3 is 12.2 Å². The number of alkyl halides is 3. The van der Waals surface area contributed by atoms with E-state index in [4.69, 9.17) is 31.9 Å². The zero-order valence-electron chi connectivity index (χ0n) is 34.1. The van der Waals surface area contributed by atoms with Gasteiger partial charge in [-0.25, -0.2) is 34.7 Å². The van der Waals surface area contributed by atoms with Crippen LogP contribution < -0.4 is 25.8 Å². The molecule has 0 radical (unpaired) electrons. The maximum atomic E-state index is 12.8. The minimum absolute atomic E-state index is 0.0159. The van der Waals surface area contributed by atoms with Crippen LogP contribution in [0.4, 0.5) is 40.7 Å². The Morgan fingerprint density at radius 1 is 0.657 bits per heavy atom. The number of hydrogen-bond acceptors (Lipinski definition) is 13. The first kappa shape index (κ1) is 45.7. The van der Waals surface area contributed by atoms with Gasteiger partial charge in [-0.05, 0) is 97.1 Å². The molecule has 0 aliphatic heterocycles. The summed E-state index contributed by atoms with van der Waals surface area (Å²) in [5, 5.41) is 26.6. The molecule has 0 aliphatic carbocycles. The van der Waals surface area contributed by atoms with Gasteiger partial charge in [-0.15, -0.1) is 0 Å². The van der Waals surface area contributed by atoms with Crippen molar-refractivity contribution in [2.75, 3.05) is 16.4 Å². The van der Waals surface area contributed by atoms with E-state index < -0.39 is 22.7 Å². The number of anilines is 3. The second kappa shape index (κ2) is 20.9. The number of nitro benzene ring substituents is 1. The fourth-order valence-electron chi connectivity index (χ4n) is 5.71. The number of rotatable bonds is 7. The number of nitrogens with zero attached hydrogens (tertiary/aromatic N) is 7. The standard InChI is InChI=1S/C20H14F3N5O2.C12H10N4O.C6H4ClN3.C6H5NO3/c21-20(22,23)12-2-1-3-14(10-12)28-19(29)27-13-4-6-15(7-5-13)30-18-16-8-9-24-17(16)25-11-26-18;13-8-1-3-9(4-2-8)17-12-10-5-6-14-11(10)15-7-16-12;7-5-4-1-2-8-6(4)10-3-9-5;8-6-3-1-5(2-4-6)7(9)10/h1-11H,(H,24,25,26)(H2,27,28,29);1-7H,13H2,(H,14,15,16);1-3H,(H,8,9,10);1-4,8H. The van der Waals surface area contributed by atoms with E-state index in [2.05, 4.69) is 55.5 Å². The molecule has 23 heteroatoms. The number of nitro groups is 1. The number of urea groups is 1. The number of carbonyl (C=O) groups is 1. The highest BCUT2D eigenvalue weighted by Gasteiger charge is 2.30. The molecular weight excluding hydrogens is 899 g/mol. The molecule has 338 valence electrons. The van der Waals surface area contributed by atoms with Gasteiger partial charge in [0.25, 0.3) is 5.69 Å². The van der Waals surface area contributed by atoms with Crippen LogP contribution in [0.25, 0.3) is 33.1 Å². The fraction of sp³-hybridized carbons (Fsp3) is 0.0227. The third-order valence-corrected chi connectivity index (χ3v) is 9.17. The number of amides is 2. The first-order valence-corrected chi connectivity index (χ1v) is 19.7. The van der Waals surface area contributed by atoms with Crippen molar-refractivity contribution < 1.29 is 37.5 Å². The number of aromatic amines is 3. The second-order valence-electron chi connectivity index (χ2n) is 13.5. The number of H-pyrrole nitrogens is 3. The molecule has 6 aromatic heterocycles. The van der Waals surface area contributed by atoms with Gasteiger partial charge in [0.15, 0.2) is 0 Å². The molecule has 0 aliphatic rings. The number of ether oxygens (including phenoxy) is 2. The van der Waals surface area contributed by atoms with E-state index in [-0.39, 0.29) is 17.1 Å². The van der Waals surface area contributed by atoms with Crippen molar-refractivity contribution in [3.63, 3.8) is 0 Å². The molecule has 8 N–H and O–H groups in total. The summed E-state index contributed by atoms with van der Waals surface area (Å²) in [5.41, 5.74) is 8.09. The quantitative estimate of drug-likeness (QED) is 0.0339. The Labute approximate surface area is 380 Å². The molecule has 0 bridgehead atoms. The third kappa shape index (κ3) is 12.5. The van der Waals surface area contributed by atoms with Gasteiger partial charge in [0, 0.05) is 47.8 Å². The number of carbonyl (C=O) groups excluding carboxylic acids is 1. The van der Waals surface area contributed by atoms with E-state index in [0.29, 0.717) is 45.4 Å². The molecule has 6 heterocycles. The largest absolute Gasteiger partial charge is 0.508 e. The summed E-state index contributed by atoms with van der Waals surface area (Å²) in [5.74, 6) is 2.12. The average Bonchev–Trinajstić information content (AvgIpc) is 4.12. The van der Waals surface area contributed by atoms with Gasteiger partial charge in [-0.2, -0.15) is 13.2 Å². The Kier molecular flexibility index (Phi) is 14.3. The van der Waals surface area contributed by atoms with Crippen molar-refractivity contribution in [2.24, 2.45) is 0 Å². The summed E-state index contributed by atoms with van der Waals surface area (Å²) < 4.78 is 49.7. The van der Waals surface area contributed by atoms with Crippen LogP contribution in [0.1, 0.15) is 5.56 Å². The number of fused-ring (bicyclic) bond motifs is 3. The molecule has 0 spiro atoms. The summed E-state index contributed by atoms with van der Waals surface area (Å²) in [7, 11) is 0. The zero-order valence-corrected chi connectivity index (χ0v) is 34.9. The van der Waals surface area contributed by atoms with Crippen LogP contribution in [-0.2, 0) is 6.18 Å². The van der Waals surface area contributed by atoms with Crippen molar-refractivity contribution >= 4 is 73.5 Å². The Morgan fingerprint density at radius 3 is 1.67 bits per heavy atom. The number of nitrogens with two attached hydrogens (primary N) is 1. The molecule has 19 nitrogen and oxygen atoms in total. The van der Waals surface area contributed by atoms with Crippen LogP contribution in [-0.4, -0.2) is 60.9 Å². The average molecular weight is 932 g/mol. The van der Waals surface area contributed by atoms with Crippen molar-refractivity contribution in [1.82, 2.24) is 44.9 Å². The maximum absolute atomic E-state index is 12.8. The van der Waals surface area contributed by atoms with Gasteiger partial charge in [0.1, 0.15) is 58.3 Å². The number of halogens is 4. The predicted octanol–water partition coefficient (Wildman–Crippen LogP) is 10.7. The number of non-ortho nitro benzene ring substituents is 1. The Morgan fingerprint density at radius 2 is 1.15 bits per heavy atom. The van der Waals surface area contributed by atoms with Gasteiger partial charge in [-0.3, -0.25) is 10.1 Å². The number of aromatic hydroxyl groups is 1. The van der Waals surface area contributed by atoms with Gasteiger partial charge in [-0.1, -0.05) is 17.7 Å². The number of aromatic nitrogens is 9. The fourth-order valence-corrected chi connectivity index (χ4v) is 5.90. The lowest BCUT2D eigenvalue weighted by Crippen LogP contribution is -2.19. The smallest absolute Gasteiger partial charge is 0.416 e. The molecule has 0 unspecified atom stereocenters. The highest BCUT2D eigenvalue weighted by molar-refractivity contribution is 6.33. The maximum Gasteiger partial charge on any atom is 0.416 e. The third-order valence-electron chi connectivity index (χ3n) is 8.87. The highest BCUT2D eigenvalue weighted by Crippen LogP contribution is 2.31. The Bertz CT molecular complexity index is 3240. The topological polar surface area (TPSA) is 274 Å². The van der Waals surface area contributed by atoms with E-state index in [1.54, 1.807) is 73.2 Å². The Hall–Kier alpha value is -9.31. The number of nitrogens with one attached hydrogen (secondary N) is 5. The summed E-state index contributed by atoms with van der Waals surface area (Å²) in [6, 6.07) is 27.9. The molecule has 10 rings (SSSR count). The second-order valence-corrected chi connectivity index (χ2v) is 13.8. The van der Waals surface area contributed by atoms with Crippen LogP contribution in [0.3, 0.4) is 0 Å². The summed E-state index contributed by atoms with van der Waals surface area (Å²) in [4.78, 5) is 54.6. The van der Waals surface area contributed by atoms with Crippen LogP contribution in [0.15, 0.2) is 153 Å². The van der Waals surface area contributed by atoms with E-state index in [1.165, 1.54) is 55.4 Å². The van der Waals surface area contributed by atoms with Crippen molar-refractivity contribution in [2.45, 2.75) is 6.18 Å². The molecule has 4 aromatic carbocycles. The SMILES string of the molecule is Clc1ncnc2[nH]ccc12.Nc1ccc(Oc2ncnc3[nH]ccc23)cc1.O=C(Nc1ccc(Oc2ncnc3[nH]ccc23)cc1)Nc1cccc(C(F)(F)F)c1.O=[N+]([O-])c1ccc(O)cc1. The number of nitrogen functional groups attached to an aromatic ring is 1. The van der Waals surface area contributed by atoms with E-state index >= 15 is 0 Å². The van der Waals surface area contributed by atoms with Crippen molar-refractivity contribution in [3.05, 3.63) is 174 Å². The van der Waals surface area contributed by atoms with Gasteiger partial charge in [0.05, 0.1) is 26.6 Å². The molecule has 0 saturated heterocycles. The van der Waals surface area contributed by atoms with Crippen LogP contribution in [0, 0.1) is 10.1 Å². The molecular formula is C44H33ClF3N13O6. The highest BCUT2D eigenvalue weighted by atomic mass is 35.5. The molecule has 67 heavy (non-hydrogen) atoms. The number of phenols is 1. The monoisotopic (exact) mass is 931 g/mol. The number of benzene rings is 4. The van der Waals surface area contributed by atoms with Crippen molar-refractivity contribution in [1.29, 1.82) is 0 Å². The first-order chi connectivity index (χ1) is 32.3. The number of phenolic OH excluding ortho intramolecular Hbond substituents is 1. The summed E-state index contributed by atoms with van der Waals surface area (Å²) in [6.07, 6.45) is 5.09. The van der Waals surface area contributed by atoms with Crippen LogP contribution >= 0.6 is 11.6 Å². The van der Waals surface area contributed by atoms with Crippen molar-refractivity contribution in [3.8, 4) is 29.0 Å². The van der Waals surface area contributed by atoms with Crippen LogP contribution in [0.2, 0.25) is 5.15 Å². The van der Waals surface area contributed by atoms with Crippen LogP contribution in [0.5, 0.6) is 29.0 Å². The molecule has 0 atom stereocenters. The van der Waals surface area contributed by atoms with E-state index in [9.17, 15) is 28.1 Å². The molecule has 2 amide bonds. The number of hydrogen-bond donors (Lipinski definition) is 7. The van der Waals surface area contributed by atoms with E-state index in [0.717, 1.165) is 39.6 Å². The molecule has 10 aromatic rings. The lowest BCUT2D eigenvalue weighted by molar-refractivity contribution is -0.384. The molecule has 0 saturated carbocycles. The molecule has 0 fully saturated rings. The summed E-state index contributed by atoms with van der Waals surface area (Å²) >= 11 is 5.73. The zero-order chi connectivity index (χ0) is 47.3. The Balaban J connectivity index is 0.000000150. The lowest BCUT2D eigenvalue weighted by atomic mass is 10.2. The normalized spacial score (nSPS) is 10.7. The van der Waals surface area contributed by atoms with Gasteiger partial charge in [0.2, 0.25) is 11.8 Å². The first-order valence-electron chi connectivity index (χ1n) is 19.3. The summed E-state index contributed by atoms with van der Waals surface area (Å²) in [6.45, 7) is 0. The van der Waals surface area contributed by atoms with E-state index in [1.807, 2.05) is 12.1 Å². The minimum Gasteiger partial charge on any atom is -0.508 e. The lowest BCUT2D eigenvalue weighted by Gasteiger charge is -2.11. The minimum atomic E-state index is -4.49. The predicted molar refractivity (Wildman–Crippen MR) is 243 cm³/mol.